The van der Waals surface area contributed by atoms with E-state index >= 15 is 0 Å². The van der Waals surface area contributed by atoms with E-state index in [9.17, 15) is 9.59 Å². The van der Waals surface area contributed by atoms with Crippen LogP contribution in [0.1, 0.15) is 11.1 Å². The van der Waals surface area contributed by atoms with Crippen LogP contribution in [0.25, 0.3) is 0 Å². The van der Waals surface area contributed by atoms with Gasteiger partial charge in [0.15, 0.2) is 0 Å². The van der Waals surface area contributed by atoms with Gasteiger partial charge in [0.25, 0.3) is 0 Å². The van der Waals surface area contributed by atoms with Gasteiger partial charge >= 0.3 is 11.8 Å². The quantitative estimate of drug-likeness (QED) is 0.331. The number of nitrogens with one attached hydrogen (secondary N) is 2. The van der Waals surface area contributed by atoms with Gasteiger partial charge in [0.2, 0.25) is 0 Å². The number of ether oxygens (including phenoxy) is 1. The molecule has 0 atom stereocenters. The van der Waals surface area contributed by atoms with Crippen LogP contribution in [0.15, 0.2) is 77.9 Å². The Labute approximate surface area is 183 Å². The molecule has 2 amide bonds. The Kier molecular flexibility index (Phi) is 7.43. The number of rotatable bonds is 6. The lowest BCUT2D eigenvalue weighted by atomic mass is 10.2. The Morgan fingerprint density at radius 1 is 0.900 bits per heavy atom. The second kappa shape index (κ2) is 10.4. The first-order valence-corrected chi connectivity index (χ1v) is 9.62. The van der Waals surface area contributed by atoms with Gasteiger partial charge in [-0.05, 0) is 65.7 Å². The summed E-state index contributed by atoms with van der Waals surface area (Å²) in [7, 11) is 0. The molecule has 0 bridgehead atoms. The van der Waals surface area contributed by atoms with Crippen LogP contribution in [0.3, 0.4) is 0 Å². The van der Waals surface area contributed by atoms with Crippen LogP contribution in [-0.4, -0.2) is 18.0 Å². The largest absolute Gasteiger partial charge is 0.489 e. The SMILES string of the molecule is O=C(NN=Cc1ccc(OCc2ccc(Cl)cc2)cc1)C(=O)Nc1cccc(Cl)c1. The molecule has 0 saturated heterocycles. The normalized spacial score (nSPS) is 10.6. The van der Waals surface area contributed by atoms with Gasteiger partial charge in [-0.25, -0.2) is 5.43 Å². The highest BCUT2D eigenvalue weighted by Gasteiger charge is 2.12. The van der Waals surface area contributed by atoms with Crippen LogP contribution in [0, 0.1) is 0 Å². The number of amides is 2. The second-order valence-electron chi connectivity index (χ2n) is 6.15. The molecule has 0 aromatic heterocycles. The summed E-state index contributed by atoms with van der Waals surface area (Å²) in [6.07, 6.45) is 1.42. The molecular formula is C22H17Cl2N3O3. The third kappa shape index (κ3) is 6.62. The fourth-order valence-corrected chi connectivity index (χ4v) is 2.68. The third-order valence-corrected chi connectivity index (χ3v) is 4.35. The van der Waals surface area contributed by atoms with E-state index in [0.717, 1.165) is 11.1 Å². The van der Waals surface area contributed by atoms with Crippen LogP contribution >= 0.6 is 23.2 Å². The van der Waals surface area contributed by atoms with Crippen LogP contribution in [0.5, 0.6) is 5.75 Å². The number of hydrogen-bond donors (Lipinski definition) is 2. The molecule has 0 aliphatic carbocycles. The van der Waals surface area contributed by atoms with Crippen molar-refractivity contribution in [2.24, 2.45) is 5.10 Å². The Bertz CT molecular complexity index is 1050. The van der Waals surface area contributed by atoms with E-state index in [0.29, 0.717) is 28.1 Å². The van der Waals surface area contributed by atoms with E-state index in [4.69, 9.17) is 27.9 Å². The molecule has 3 aromatic carbocycles. The molecule has 0 spiro atoms. The average Bonchev–Trinajstić information content (AvgIpc) is 2.74. The molecule has 2 N–H and O–H groups in total. The van der Waals surface area contributed by atoms with E-state index in [1.54, 1.807) is 42.5 Å². The minimum Gasteiger partial charge on any atom is -0.489 e. The lowest BCUT2D eigenvalue weighted by Gasteiger charge is -2.06. The van der Waals surface area contributed by atoms with Gasteiger partial charge in [0.05, 0.1) is 6.21 Å². The van der Waals surface area contributed by atoms with Crippen LogP contribution in [0.4, 0.5) is 5.69 Å². The van der Waals surface area contributed by atoms with E-state index in [1.165, 1.54) is 12.3 Å². The Morgan fingerprint density at radius 3 is 2.33 bits per heavy atom. The predicted molar refractivity (Wildman–Crippen MR) is 118 cm³/mol. The summed E-state index contributed by atoms with van der Waals surface area (Å²) in [5.41, 5.74) is 4.32. The van der Waals surface area contributed by atoms with Crippen molar-refractivity contribution in [2.45, 2.75) is 6.61 Å². The Balaban J connectivity index is 1.46. The van der Waals surface area contributed by atoms with Crippen molar-refractivity contribution in [3.63, 3.8) is 0 Å². The number of nitrogens with zero attached hydrogens (tertiary/aromatic N) is 1. The van der Waals surface area contributed by atoms with Gasteiger partial charge in [-0.1, -0.05) is 41.4 Å². The molecular weight excluding hydrogens is 425 g/mol. The van der Waals surface area contributed by atoms with Gasteiger partial charge < -0.3 is 10.1 Å². The summed E-state index contributed by atoms with van der Waals surface area (Å²) in [6, 6.07) is 21.0. The first-order chi connectivity index (χ1) is 14.5. The van der Waals surface area contributed by atoms with Gasteiger partial charge in [-0.2, -0.15) is 5.10 Å². The molecule has 0 aliphatic heterocycles. The predicted octanol–water partition coefficient (Wildman–Crippen LogP) is 4.66. The van der Waals surface area contributed by atoms with Crippen molar-refractivity contribution in [2.75, 3.05) is 5.32 Å². The Hall–Kier alpha value is -3.35. The molecule has 0 aliphatic rings. The molecule has 0 radical (unpaired) electrons. The van der Waals surface area contributed by atoms with Gasteiger partial charge in [-0.3, -0.25) is 9.59 Å². The number of carbonyl (C=O) groups excluding carboxylic acids is 2. The van der Waals surface area contributed by atoms with Crippen molar-refractivity contribution < 1.29 is 14.3 Å². The molecule has 8 heteroatoms. The maximum Gasteiger partial charge on any atom is 0.329 e. The summed E-state index contributed by atoms with van der Waals surface area (Å²) >= 11 is 11.7. The maximum atomic E-state index is 11.9. The van der Waals surface area contributed by atoms with Crippen molar-refractivity contribution in [1.82, 2.24) is 5.43 Å². The number of benzene rings is 3. The average molecular weight is 442 g/mol. The topological polar surface area (TPSA) is 79.8 Å². The summed E-state index contributed by atoms with van der Waals surface area (Å²) in [6.45, 7) is 0.419. The summed E-state index contributed by atoms with van der Waals surface area (Å²) in [5, 5.41) is 7.35. The molecule has 0 saturated carbocycles. The summed E-state index contributed by atoms with van der Waals surface area (Å²) < 4.78 is 5.71. The smallest absolute Gasteiger partial charge is 0.329 e. The van der Waals surface area contributed by atoms with Crippen LogP contribution in [0.2, 0.25) is 10.0 Å². The van der Waals surface area contributed by atoms with Crippen molar-refractivity contribution in [3.05, 3.63) is 94.0 Å². The minimum absolute atomic E-state index is 0.417. The minimum atomic E-state index is -0.894. The second-order valence-corrected chi connectivity index (χ2v) is 7.02. The molecule has 3 rings (SSSR count). The summed E-state index contributed by atoms with van der Waals surface area (Å²) in [4.78, 5) is 23.7. The van der Waals surface area contributed by atoms with E-state index in [2.05, 4.69) is 15.8 Å². The number of hydrogen-bond acceptors (Lipinski definition) is 4. The zero-order valence-electron chi connectivity index (χ0n) is 15.6. The highest BCUT2D eigenvalue weighted by atomic mass is 35.5. The van der Waals surface area contributed by atoms with Crippen molar-refractivity contribution >= 4 is 46.9 Å². The van der Waals surface area contributed by atoms with Gasteiger partial charge in [0.1, 0.15) is 12.4 Å². The molecule has 3 aromatic rings. The lowest BCUT2D eigenvalue weighted by molar-refractivity contribution is -0.136. The zero-order chi connectivity index (χ0) is 21.3. The first-order valence-electron chi connectivity index (χ1n) is 8.87. The van der Waals surface area contributed by atoms with Crippen LogP contribution < -0.4 is 15.5 Å². The standard InChI is InChI=1S/C22H17Cl2N3O3/c23-17-8-4-16(5-9-17)14-30-20-10-6-15(7-11-20)13-25-27-22(29)21(28)26-19-3-1-2-18(24)12-19/h1-13H,14H2,(H,26,28)(H,27,29). The fraction of sp³-hybridized carbons (Fsp3) is 0.0455. The van der Waals surface area contributed by atoms with E-state index < -0.39 is 11.8 Å². The number of hydrazone groups is 1. The number of halogens is 2. The monoisotopic (exact) mass is 441 g/mol. The molecule has 0 fully saturated rings. The van der Waals surface area contributed by atoms with Crippen molar-refractivity contribution in [3.8, 4) is 5.75 Å². The lowest BCUT2D eigenvalue weighted by Crippen LogP contribution is -2.32. The first kappa shape index (κ1) is 21.4. The molecule has 30 heavy (non-hydrogen) atoms. The molecule has 0 heterocycles. The van der Waals surface area contributed by atoms with E-state index in [1.807, 2.05) is 24.3 Å². The molecule has 152 valence electrons. The highest BCUT2D eigenvalue weighted by molar-refractivity contribution is 6.39. The molecule has 6 nitrogen and oxygen atoms in total. The third-order valence-electron chi connectivity index (χ3n) is 3.87. The maximum absolute atomic E-state index is 11.9. The van der Waals surface area contributed by atoms with Crippen LogP contribution in [-0.2, 0) is 16.2 Å². The zero-order valence-corrected chi connectivity index (χ0v) is 17.2. The highest BCUT2D eigenvalue weighted by Crippen LogP contribution is 2.16. The number of carbonyl (C=O) groups is 2. The fourth-order valence-electron chi connectivity index (χ4n) is 2.37. The van der Waals surface area contributed by atoms with Gasteiger partial charge in [0, 0.05) is 15.7 Å². The van der Waals surface area contributed by atoms with Gasteiger partial charge in [-0.15, -0.1) is 0 Å². The number of anilines is 1. The van der Waals surface area contributed by atoms with E-state index in [-0.39, 0.29) is 0 Å². The Morgan fingerprint density at radius 2 is 1.63 bits per heavy atom. The molecule has 0 unspecified atom stereocenters. The summed E-state index contributed by atoms with van der Waals surface area (Å²) in [5.74, 6) is -1.05. The van der Waals surface area contributed by atoms with Crippen molar-refractivity contribution in [1.29, 1.82) is 0 Å².